The quantitative estimate of drug-likeness (QED) is 0.654. The summed E-state index contributed by atoms with van der Waals surface area (Å²) in [4.78, 5) is 4.59. The zero-order valence-corrected chi connectivity index (χ0v) is 11.0. The minimum absolute atomic E-state index is 0.577. The van der Waals surface area contributed by atoms with Crippen LogP contribution in [0.15, 0.2) is 4.99 Å². The smallest absolute Gasteiger partial charge is 0.0628 e. The number of rotatable bonds is 1. The molecule has 0 spiro atoms. The molecular formula is C13H23NS. The van der Waals surface area contributed by atoms with Crippen molar-refractivity contribution in [2.24, 2.45) is 16.3 Å². The summed E-state index contributed by atoms with van der Waals surface area (Å²) in [7, 11) is 0. The van der Waals surface area contributed by atoms with Crippen LogP contribution in [0.1, 0.15) is 52.9 Å². The minimum Gasteiger partial charge on any atom is -0.282 e. The maximum Gasteiger partial charge on any atom is 0.0628 e. The Labute approximate surface area is 98.1 Å². The molecule has 0 saturated heterocycles. The van der Waals surface area contributed by atoms with E-state index in [1.165, 1.54) is 32.1 Å². The van der Waals surface area contributed by atoms with E-state index in [1.54, 1.807) is 0 Å². The van der Waals surface area contributed by atoms with E-state index in [4.69, 9.17) is 0 Å². The first-order valence-electron chi connectivity index (χ1n) is 6.29. The van der Waals surface area contributed by atoms with E-state index in [0.29, 0.717) is 11.5 Å². The maximum atomic E-state index is 4.59. The Morgan fingerprint density at radius 1 is 1.33 bits per heavy atom. The molecule has 2 heteroatoms. The molecule has 0 radical (unpaired) electrons. The monoisotopic (exact) mass is 225 g/mol. The molecule has 1 heterocycles. The molecule has 0 aromatic rings. The van der Waals surface area contributed by atoms with E-state index in [1.807, 2.05) is 11.8 Å². The Hall–Kier alpha value is 0.0200. The van der Waals surface area contributed by atoms with Gasteiger partial charge in [-0.1, -0.05) is 27.2 Å². The molecule has 1 aliphatic carbocycles. The lowest BCUT2D eigenvalue weighted by molar-refractivity contribution is 0.158. The molecule has 1 nitrogen and oxygen atoms in total. The van der Waals surface area contributed by atoms with Crippen LogP contribution in [0.2, 0.25) is 0 Å². The Bertz CT molecular complexity index is 249. The normalized spacial score (nSPS) is 41.3. The minimum atomic E-state index is 0.577. The second-order valence-corrected chi connectivity index (χ2v) is 6.82. The Balaban J connectivity index is 2.00. The van der Waals surface area contributed by atoms with Crippen molar-refractivity contribution in [3.63, 3.8) is 0 Å². The van der Waals surface area contributed by atoms with E-state index >= 15 is 0 Å². The van der Waals surface area contributed by atoms with Crippen molar-refractivity contribution in [1.29, 1.82) is 0 Å². The summed E-state index contributed by atoms with van der Waals surface area (Å²) in [5.41, 5.74) is 2.67. The standard InChI is InChI=1S/C13H23NS/c1-10(2)13(3)7-4-5-11-12(6-8-13)15-9-14-11/h9-12H,4-8H2,1-3H3. The highest BCUT2D eigenvalue weighted by molar-refractivity contribution is 8.12. The van der Waals surface area contributed by atoms with E-state index in [9.17, 15) is 0 Å². The van der Waals surface area contributed by atoms with Gasteiger partial charge in [-0.15, -0.1) is 11.8 Å². The zero-order chi connectivity index (χ0) is 10.9. The predicted octanol–water partition coefficient (Wildman–Crippen LogP) is 4.13. The van der Waals surface area contributed by atoms with E-state index < -0.39 is 0 Å². The third kappa shape index (κ3) is 2.41. The number of thioether (sulfide) groups is 1. The van der Waals surface area contributed by atoms with Crippen molar-refractivity contribution in [2.75, 3.05) is 0 Å². The lowest BCUT2D eigenvalue weighted by Gasteiger charge is -2.37. The molecule has 15 heavy (non-hydrogen) atoms. The average Bonchev–Trinajstić information content (AvgIpc) is 2.59. The fourth-order valence-electron chi connectivity index (χ4n) is 2.79. The summed E-state index contributed by atoms with van der Waals surface area (Å²) in [6.45, 7) is 7.26. The molecule has 3 atom stereocenters. The summed E-state index contributed by atoms with van der Waals surface area (Å²) in [5.74, 6) is 0.821. The van der Waals surface area contributed by atoms with Gasteiger partial charge in [-0.2, -0.15) is 0 Å². The van der Waals surface area contributed by atoms with Gasteiger partial charge in [-0.25, -0.2) is 0 Å². The Morgan fingerprint density at radius 3 is 2.87 bits per heavy atom. The molecule has 2 aliphatic rings. The van der Waals surface area contributed by atoms with Crippen molar-refractivity contribution in [2.45, 2.75) is 64.2 Å². The van der Waals surface area contributed by atoms with Crippen LogP contribution in [0.5, 0.6) is 0 Å². The fourth-order valence-corrected chi connectivity index (χ4v) is 3.81. The molecule has 0 amide bonds. The van der Waals surface area contributed by atoms with Gasteiger partial charge >= 0.3 is 0 Å². The largest absolute Gasteiger partial charge is 0.282 e. The number of hydrogen-bond acceptors (Lipinski definition) is 2. The van der Waals surface area contributed by atoms with Crippen LogP contribution in [0.25, 0.3) is 0 Å². The first-order valence-corrected chi connectivity index (χ1v) is 7.23. The molecule has 1 fully saturated rings. The lowest BCUT2D eigenvalue weighted by Crippen LogP contribution is -2.30. The first-order chi connectivity index (χ1) is 7.12. The van der Waals surface area contributed by atoms with E-state index in [-0.39, 0.29) is 0 Å². The van der Waals surface area contributed by atoms with Crippen LogP contribution >= 0.6 is 11.8 Å². The van der Waals surface area contributed by atoms with Gasteiger partial charge in [0.15, 0.2) is 0 Å². The van der Waals surface area contributed by atoms with Gasteiger partial charge in [0, 0.05) is 5.25 Å². The molecule has 1 aliphatic heterocycles. The van der Waals surface area contributed by atoms with Gasteiger partial charge in [0.05, 0.1) is 11.6 Å². The van der Waals surface area contributed by atoms with Crippen LogP contribution < -0.4 is 0 Å². The van der Waals surface area contributed by atoms with Gasteiger partial charge < -0.3 is 0 Å². The summed E-state index contributed by atoms with van der Waals surface area (Å²) in [6, 6.07) is 0.645. The van der Waals surface area contributed by atoms with Gasteiger partial charge in [0.25, 0.3) is 0 Å². The highest BCUT2D eigenvalue weighted by Crippen LogP contribution is 2.43. The number of hydrogen-bond donors (Lipinski definition) is 0. The number of fused-ring (bicyclic) bond motifs is 1. The summed E-state index contributed by atoms with van der Waals surface area (Å²) < 4.78 is 0. The zero-order valence-electron chi connectivity index (χ0n) is 10.2. The highest BCUT2D eigenvalue weighted by Gasteiger charge is 2.34. The molecule has 0 aromatic heterocycles. The molecule has 2 rings (SSSR count). The van der Waals surface area contributed by atoms with Crippen LogP contribution in [0, 0.1) is 11.3 Å². The second kappa shape index (κ2) is 4.48. The summed E-state index contributed by atoms with van der Waals surface area (Å²) in [5, 5.41) is 0.795. The third-order valence-corrected chi connectivity index (χ3v) is 5.70. The van der Waals surface area contributed by atoms with Gasteiger partial charge in [0.2, 0.25) is 0 Å². The Kier molecular flexibility index (Phi) is 3.44. The molecule has 0 N–H and O–H groups in total. The Morgan fingerprint density at radius 2 is 2.13 bits per heavy atom. The van der Waals surface area contributed by atoms with Crippen molar-refractivity contribution in [1.82, 2.24) is 0 Å². The van der Waals surface area contributed by atoms with Crippen molar-refractivity contribution in [3.8, 4) is 0 Å². The number of nitrogens with zero attached hydrogens (tertiary/aromatic N) is 1. The van der Waals surface area contributed by atoms with E-state index in [0.717, 1.165) is 11.2 Å². The topological polar surface area (TPSA) is 12.4 Å². The predicted molar refractivity (Wildman–Crippen MR) is 69.7 cm³/mol. The average molecular weight is 225 g/mol. The van der Waals surface area contributed by atoms with E-state index in [2.05, 4.69) is 31.3 Å². The molecule has 3 unspecified atom stereocenters. The molecule has 1 saturated carbocycles. The molecular weight excluding hydrogens is 202 g/mol. The van der Waals surface area contributed by atoms with Gasteiger partial charge in [0.1, 0.15) is 0 Å². The van der Waals surface area contributed by atoms with Gasteiger partial charge in [-0.3, -0.25) is 4.99 Å². The third-order valence-electron chi connectivity index (χ3n) is 4.56. The highest BCUT2D eigenvalue weighted by atomic mass is 32.2. The number of aliphatic imine (C=N–C) groups is 1. The first kappa shape index (κ1) is 11.5. The fraction of sp³-hybridized carbons (Fsp3) is 0.923. The summed E-state index contributed by atoms with van der Waals surface area (Å²) in [6.07, 6.45) is 6.84. The van der Waals surface area contributed by atoms with Gasteiger partial charge in [-0.05, 0) is 37.0 Å². The maximum absolute atomic E-state index is 4.59. The lowest BCUT2D eigenvalue weighted by atomic mass is 9.70. The van der Waals surface area contributed by atoms with Crippen LogP contribution in [0.3, 0.4) is 0 Å². The molecule has 0 aromatic carbocycles. The van der Waals surface area contributed by atoms with Crippen molar-refractivity contribution < 1.29 is 0 Å². The summed E-state index contributed by atoms with van der Waals surface area (Å²) >= 11 is 1.97. The van der Waals surface area contributed by atoms with Crippen LogP contribution in [-0.2, 0) is 0 Å². The van der Waals surface area contributed by atoms with Crippen LogP contribution in [0.4, 0.5) is 0 Å². The molecule has 86 valence electrons. The molecule has 0 bridgehead atoms. The van der Waals surface area contributed by atoms with Crippen LogP contribution in [-0.4, -0.2) is 16.8 Å². The SMILES string of the molecule is CC(C)C1(C)CCCC2N=CSC2CC1. The van der Waals surface area contributed by atoms with Crippen molar-refractivity contribution >= 4 is 17.3 Å². The van der Waals surface area contributed by atoms with Crippen molar-refractivity contribution in [3.05, 3.63) is 0 Å². The second-order valence-electron chi connectivity index (χ2n) is 5.74.